The van der Waals surface area contributed by atoms with Gasteiger partial charge in [0.2, 0.25) is 5.91 Å². The van der Waals surface area contributed by atoms with Gasteiger partial charge in [0.25, 0.3) is 0 Å². The molecule has 0 aromatic heterocycles. The molecule has 1 aliphatic heterocycles. The molecule has 1 aromatic rings. The molecule has 1 amide bonds. The normalized spacial score (nSPS) is 18.7. The van der Waals surface area contributed by atoms with E-state index in [0.29, 0.717) is 12.5 Å². The summed E-state index contributed by atoms with van der Waals surface area (Å²) in [4.78, 5) is 14.5. The predicted octanol–water partition coefficient (Wildman–Crippen LogP) is 3.36. The zero-order chi connectivity index (χ0) is 15.2. The molecular formula is C17H25BrN2O. The van der Waals surface area contributed by atoms with Crippen LogP contribution < -0.4 is 5.32 Å². The topological polar surface area (TPSA) is 32.3 Å². The van der Waals surface area contributed by atoms with Gasteiger partial charge >= 0.3 is 0 Å². The largest absolute Gasteiger partial charge is 0.353 e. The highest BCUT2D eigenvalue weighted by atomic mass is 79.9. The summed E-state index contributed by atoms with van der Waals surface area (Å²) in [7, 11) is 0. The Kier molecular flexibility index (Phi) is 6.24. The van der Waals surface area contributed by atoms with Crippen molar-refractivity contribution in [3.05, 3.63) is 35.9 Å². The second kappa shape index (κ2) is 7.95. The summed E-state index contributed by atoms with van der Waals surface area (Å²) >= 11 is 3.47. The van der Waals surface area contributed by atoms with Gasteiger partial charge < -0.3 is 5.32 Å². The molecule has 2 atom stereocenters. The predicted molar refractivity (Wildman–Crippen MR) is 90.6 cm³/mol. The van der Waals surface area contributed by atoms with Crippen LogP contribution in [0.1, 0.15) is 38.3 Å². The number of rotatable bonds is 6. The number of benzene rings is 1. The maximum Gasteiger partial charge on any atom is 0.234 e. The average molecular weight is 353 g/mol. The van der Waals surface area contributed by atoms with Gasteiger partial charge in [-0.3, -0.25) is 9.69 Å². The third-order valence-corrected chi connectivity index (χ3v) is 5.54. The summed E-state index contributed by atoms with van der Waals surface area (Å²) in [5.74, 6) is 0.386. The Bertz CT molecular complexity index is 443. The first-order valence-corrected chi connectivity index (χ1v) is 8.72. The van der Waals surface area contributed by atoms with E-state index in [4.69, 9.17) is 0 Å². The molecule has 0 radical (unpaired) electrons. The highest BCUT2D eigenvalue weighted by molar-refractivity contribution is 9.10. The van der Waals surface area contributed by atoms with Gasteiger partial charge in [0.15, 0.2) is 0 Å². The fourth-order valence-corrected chi connectivity index (χ4v) is 2.95. The smallest absolute Gasteiger partial charge is 0.234 e. The lowest BCUT2D eigenvalue weighted by molar-refractivity contribution is -0.121. The van der Waals surface area contributed by atoms with E-state index in [2.05, 4.69) is 50.4 Å². The summed E-state index contributed by atoms with van der Waals surface area (Å²) in [5, 5.41) is 3.11. The third kappa shape index (κ3) is 4.55. The van der Waals surface area contributed by atoms with Crippen LogP contribution in [0.2, 0.25) is 0 Å². The molecule has 21 heavy (non-hydrogen) atoms. The van der Waals surface area contributed by atoms with E-state index in [9.17, 15) is 4.79 Å². The molecule has 0 spiro atoms. The number of carbonyl (C=O) groups is 1. The van der Waals surface area contributed by atoms with Crippen molar-refractivity contribution < 1.29 is 4.79 Å². The molecule has 2 unspecified atom stereocenters. The highest BCUT2D eigenvalue weighted by Gasteiger charge is 2.25. The molecule has 0 saturated carbocycles. The SMILES string of the molecule is CC(C)C(Br)C(=O)NCC(c1ccccc1)N1CCCC1. The Morgan fingerprint density at radius 3 is 2.43 bits per heavy atom. The van der Waals surface area contributed by atoms with Crippen LogP contribution in [0, 0.1) is 5.92 Å². The minimum absolute atomic E-state index is 0.0881. The summed E-state index contributed by atoms with van der Waals surface area (Å²) in [6.45, 7) is 7.02. The lowest BCUT2D eigenvalue weighted by atomic mass is 10.0. The number of likely N-dealkylation sites (tertiary alicyclic amines) is 1. The summed E-state index contributed by atoms with van der Waals surface area (Å²) in [6, 6.07) is 10.8. The number of carbonyl (C=O) groups excluding carboxylic acids is 1. The van der Waals surface area contributed by atoms with Crippen molar-refractivity contribution in [3.63, 3.8) is 0 Å². The van der Waals surface area contributed by atoms with Crippen molar-refractivity contribution in [3.8, 4) is 0 Å². The van der Waals surface area contributed by atoms with E-state index in [1.165, 1.54) is 18.4 Å². The summed E-state index contributed by atoms with van der Waals surface area (Å²) < 4.78 is 0. The Hall–Kier alpha value is -0.870. The van der Waals surface area contributed by atoms with Crippen molar-refractivity contribution in [2.45, 2.75) is 37.6 Å². The first-order chi connectivity index (χ1) is 10.1. The molecule has 2 rings (SSSR count). The molecule has 1 aliphatic rings. The molecule has 0 bridgehead atoms. The second-order valence-corrected chi connectivity index (χ2v) is 7.05. The van der Waals surface area contributed by atoms with E-state index in [0.717, 1.165) is 13.1 Å². The summed E-state index contributed by atoms with van der Waals surface area (Å²) in [6.07, 6.45) is 2.51. The first kappa shape index (κ1) is 16.5. The van der Waals surface area contributed by atoms with E-state index < -0.39 is 0 Å². The van der Waals surface area contributed by atoms with Crippen molar-refractivity contribution in [2.24, 2.45) is 5.92 Å². The maximum atomic E-state index is 12.2. The minimum atomic E-state index is -0.118. The molecule has 1 N–H and O–H groups in total. The van der Waals surface area contributed by atoms with Crippen molar-refractivity contribution in [2.75, 3.05) is 19.6 Å². The summed E-state index contributed by atoms with van der Waals surface area (Å²) in [5.41, 5.74) is 1.29. The van der Waals surface area contributed by atoms with Crippen LogP contribution in [0.4, 0.5) is 0 Å². The van der Waals surface area contributed by atoms with Gasteiger partial charge in [-0.05, 0) is 37.4 Å². The number of nitrogens with one attached hydrogen (secondary N) is 1. The molecule has 1 saturated heterocycles. The molecule has 4 heteroatoms. The van der Waals surface area contributed by atoms with E-state index in [1.807, 2.05) is 19.9 Å². The molecular weight excluding hydrogens is 328 g/mol. The van der Waals surface area contributed by atoms with E-state index >= 15 is 0 Å². The molecule has 1 heterocycles. The quantitative estimate of drug-likeness (QED) is 0.796. The van der Waals surface area contributed by atoms with Crippen LogP contribution in [0.25, 0.3) is 0 Å². The number of hydrogen-bond donors (Lipinski definition) is 1. The van der Waals surface area contributed by atoms with Crippen molar-refractivity contribution in [1.29, 1.82) is 0 Å². The van der Waals surface area contributed by atoms with E-state index in [-0.39, 0.29) is 16.8 Å². The van der Waals surface area contributed by atoms with Crippen molar-refractivity contribution >= 4 is 21.8 Å². The molecule has 0 aliphatic carbocycles. The monoisotopic (exact) mass is 352 g/mol. The number of halogens is 1. The van der Waals surface area contributed by atoms with Gasteiger partial charge in [-0.1, -0.05) is 60.1 Å². The molecule has 1 aromatic carbocycles. The van der Waals surface area contributed by atoms with Crippen LogP contribution in [-0.4, -0.2) is 35.3 Å². The maximum absolute atomic E-state index is 12.2. The first-order valence-electron chi connectivity index (χ1n) is 7.80. The Balaban J connectivity index is 2.01. The molecule has 3 nitrogen and oxygen atoms in total. The van der Waals surface area contributed by atoms with Gasteiger partial charge in [0.05, 0.1) is 10.9 Å². The van der Waals surface area contributed by atoms with Gasteiger partial charge in [0.1, 0.15) is 0 Å². The fourth-order valence-electron chi connectivity index (χ4n) is 2.78. The van der Waals surface area contributed by atoms with Crippen LogP contribution in [0.3, 0.4) is 0 Å². The molecule has 1 fully saturated rings. The van der Waals surface area contributed by atoms with Gasteiger partial charge in [0, 0.05) is 6.54 Å². The zero-order valence-electron chi connectivity index (χ0n) is 12.9. The number of amides is 1. The fraction of sp³-hybridized carbons (Fsp3) is 0.588. The Morgan fingerprint density at radius 1 is 1.24 bits per heavy atom. The van der Waals surface area contributed by atoms with Crippen molar-refractivity contribution in [1.82, 2.24) is 10.2 Å². The molecule has 116 valence electrons. The van der Waals surface area contributed by atoms with E-state index in [1.54, 1.807) is 0 Å². The highest BCUT2D eigenvalue weighted by Crippen LogP contribution is 2.24. The van der Waals surface area contributed by atoms with Crippen LogP contribution >= 0.6 is 15.9 Å². The Labute approximate surface area is 136 Å². The number of hydrogen-bond acceptors (Lipinski definition) is 2. The Morgan fingerprint density at radius 2 is 1.86 bits per heavy atom. The number of alkyl halides is 1. The van der Waals surface area contributed by atoms with Gasteiger partial charge in [-0.2, -0.15) is 0 Å². The van der Waals surface area contributed by atoms with Crippen LogP contribution in [0.5, 0.6) is 0 Å². The minimum Gasteiger partial charge on any atom is -0.353 e. The van der Waals surface area contributed by atoms with Crippen LogP contribution in [-0.2, 0) is 4.79 Å². The average Bonchev–Trinajstić information content (AvgIpc) is 3.01. The second-order valence-electron chi connectivity index (χ2n) is 6.06. The third-order valence-electron chi connectivity index (χ3n) is 4.07. The van der Waals surface area contributed by atoms with Gasteiger partial charge in [-0.25, -0.2) is 0 Å². The number of nitrogens with zero attached hydrogens (tertiary/aromatic N) is 1. The van der Waals surface area contributed by atoms with Gasteiger partial charge in [-0.15, -0.1) is 0 Å². The lowest BCUT2D eigenvalue weighted by Crippen LogP contribution is -2.40. The van der Waals surface area contributed by atoms with Crippen LogP contribution in [0.15, 0.2) is 30.3 Å². The standard InChI is InChI=1S/C17H25BrN2O/c1-13(2)16(18)17(21)19-12-15(20-10-6-7-11-20)14-8-4-3-5-9-14/h3-5,8-9,13,15-16H,6-7,10-12H2,1-2H3,(H,19,21). The lowest BCUT2D eigenvalue weighted by Gasteiger charge is -2.28. The zero-order valence-corrected chi connectivity index (χ0v) is 14.5.